The van der Waals surface area contributed by atoms with Crippen LogP contribution in [0.5, 0.6) is 0 Å². The number of carbonyl (C=O) groups is 10. The molecule has 0 aromatic rings. The van der Waals surface area contributed by atoms with Crippen molar-refractivity contribution >= 4 is 59.1 Å². The summed E-state index contributed by atoms with van der Waals surface area (Å²) in [7, 11) is 0. The molecule has 5 rings (SSSR count). The Morgan fingerprint density at radius 1 is 0.370 bits per heavy atom. The van der Waals surface area contributed by atoms with E-state index in [0.29, 0.717) is 5.06 Å². The van der Waals surface area contributed by atoms with Crippen molar-refractivity contribution in [2.24, 2.45) is 0 Å². The zero-order chi connectivity index (χ0) is 73.9. The van der Waals surface area contributed by atoms with Crippen LogP contribution in [0.15, 0.2) is 0 Å². The number of unbranched alkanes of at least 4 members (excludes halogenated alkanes) is 1. The second-order valence-electron chi connectivity index (χ2n) is 23.7. The van der Waals surface area contributed by atoms with E-state index >= 15 is 0 Å². The van der Waals surface area contributed by atoms with Crippen LogP contribution in [-0.2, 0) is 90.7 Å². The lowest BCUT2D eigenvalue weighted by atomic mass is 9.99. The number of imide groups is 1. The zero-order valence-corrected chi connectivity index (χ0v) is 54.1. The van der Waals surface area contributed by atoms with E-state index in [1.165, 1.54) is 0 Å². The summed E-state index contributed by atoms with van der Waals surface area (Å²) in [5.41, 5.74) is 0. The van der Waals surface area contributed by atoms with Gasteiger partial charge in [-0.25, -0.2) is 4.79 Å². The fourth-order valence-corrected chi connectivity index (χ4v) is 10.5. The standard InChI is InChI=1S/C57H94N8O35/c66-21-28-39(77)43(81)47(85)54(96-28)92-17-13-58-32(70)8-5-25(51(89)61-16-20-95-57-50(88)46(84)42(80)31(24-69)99-57)63-53(91)27(7-10-34(72)60-15-19-94-56-49(87)45(83)41(79)30(23-68)98-56)64-52(90)26(62-35(73)3-1-2-4-38(76)100-65-36(74)11-12-37(65)75)6-9-33(71)59-14-18-93-55-48(86)44(82)40(78)29(22-67)97-55/h25-31,39-50,54-57,66-69,77-88H,1-24H2,(H,58,70)(H,59,71)(H,60,72)(H,61,89)(H,62,73)(H,63,91)(H,64,90)/t25-,26-,27-,28+,29+,30+,31+,39+,40+,41+,42+,43-,44-,45-,46-,47-,48-,49-,50-,54-,55-,56-,57-/m0/s1. The van der Waals surface area contributed by atoms with E-state index in [4.69, 9.17) is 42.7 Å². The van der Waals surface area contributed by atoms with Crippen molar-refractivity contribution in [3.63, 3.8) is 0 Å². The molecular formula is C57H94N8O35. The number of aliphatic hydroxyl groups excluding tert-OH is 16. The van der Waals surface area contributed by atoms with E-state index < -0.39 is 304 Å². The van der Waals surface area contributed by atoms with Crippen molar-refractivity contribution in [2.75, 3.05) is 79.0 Å². The molecule has 5 heterocycles. The molecule has 0 spiro atoms. The van der Waals surface area contributed by atoms with Gasteiger partial charge in [0.2, 0.25) is 41.4 Å². The monoisotopic (exact) mass is 1450 g/mol. The van der Waals surface area contributed by atoms with Crippen LogP contribution in [0.1, 0.15) is 77.0 Å². The van der Waals surface area contributed by atoms with Crippen molar-refractivity contribution in [3.05, 3.63) is 0 Å². The molecule has 5 aliphatic rings. The number of nitrogens with zero attached hydrogens (tertiary/aromatic N) is 1. The highest BCUT2D eigenvalue weighted by molar-refractivity contribution is 6.01. The number of rotatable bonds is 41. The highest BCUT2D eigenvalue weighted by Gasteiger charge is 2.48. The number of ether oxygens (including phenoxy) is 8. The van der Waals surface area contributed by atoms with E-state index in [1.807, 2.05) is 0 Å². The molecule has 9 amide bonds. The Morgan fingerprint density at radius 3 is 0.980 bits per heavy atom. The first-order chi connectivity index (χ1) is 47.5. The highest BCUT2D eigenvalue weighted by Crippen LogP contribution is 2.26. The van der Waals surface area contributed by atoms with Crippen LogP contribution in [0.3, 0.4) is 0 Å². The first-order valence-electron chi connectivity index (χ1n) is 32.3. The quantitative estimate of drug-likeness (QED) is 0.0200. The van der Waals surface area contributed by atoms with Gasteiger partial charge in [0.05, 0.1) is 52.9 Å². The number of nitrogens with one attached hydrogen (secondary N) is 7. The Hall–Kier alpha value is -6.06. The summed E-state index contributed by atoms with van der Waals surface area (Å²) >= 11 is 0. The van der Waals surface area contributed by atoms with Gasteiger partial charge in [-0.15, -0.1) is 5.06 Å². The molecule has 0 aliphatic carbocycles. The van der Waals surface area contributed by atoms with Crippen molar-refractivity contribution in [1.82, 2.24) is 42.3 Å². The van der Waals surface area contributed by atoms with Gasteiger partial charge in [-0.05, 0) is 32.1 Å². The second kappa shape index (κ2) is 42.5. The summed E-state index contributed by atoms with van der Waals surface area (Å²) in [4.78, 5) is 138. The molecule has 0 aromatic carbocycles. The van der Waals surface area contributed by atoms with Gasteiger partial charge in [0.1, 0.15) is 116 Å². The number of amides is 9. The summed E-state index contributed by atoms with van der Waals surface area (Å²) in [6.07, 6.45) is -37.8. The molecule has 23 atom stereocenters. The molecule has 43 heteroatoms. The third-order valence-electron chi connectivity index (χ3n) is 16.3. The minimum Gasteiger partial charge on any atom is -0.394 e. The van der Waals surface area contributed by atoms with E-state index in [-0.39, 0.29) is 51.7 Å². The van der Waals surface area contributed by atoms with Gasteiger partial charge in [0.15, 0.2) is 25.2 Å². The fraction of sp³-hybridized carbons (Fsp3) is 0.825. The van der Waals surface area contributed by atoms with Crippen molar-refractivity contribution < 1.29 is 172 Å². The first-order valence-corrected chi connectivity index (χ1v) is 32.3. The lowest BCUT2D eigenvalue weighted by molar-refractivity contribution is -0.300. The van der Waals surface area contributed by atoms with E-state index in [1.54, 1.807) is 0 Å². The molecule has 0 aromatic heterocycles. The third-order valence-corrected chi connectivity index (χ3v) is 16.3. The summed E-state index contributed by atoms with van der Waals surface area (Å²) < 4.78 is 42.8. The van der Waals surface area contributed by atoms with Crippen LogP contribution in [-0.4, -0.2) is 366 Å². The molecule has 100 heavy (non-hydrogen) atoms. The Bertz CT molecular complexity index is 2620. The number of hydroxylamine groups is 2. The van der Waals surface area contributed by atoms with Crippen molar-refractivity contribution in [1.29, 1.82) is 0 Å². The maximum atomic E-state index is 14.6. The number of aliphatic hydroxyl groups is 16. The molecule has 5 aliphatic heterocycles. The van der Waals surface area contributed by atoms with Crippen LogP contribution in [0.4, 0.5) is 0 Å². The first kappa shape index (κ1) is 84.6. The lowest BCUT2D eigenvalue weighted by Gasteiger charge is -2.39. The molecule has 0 bridgehead atoms. The zero-order valence-electron chi connectivity index (χ0n) is 54.1. The molecule has 23 N–H and O–H groups in total. The minimum atomic E-state index is -1.88. The predicted octanol–water partition coefficient (Wildman–Crippen LogP) is -14.3. The Balaban J connectivity index is 1.34. The predicted molar refractivity (Wildman–Crippen MR) is 320 cm³/mol. The number of hydrogen-bond donors (Lipinski definition) is 23. The molecular weight excluding hydrogens is 1360 g/mol. The Kier molecular flexibility index (Phi) is 36.0. The maximum Gasteiger partial charge on any atom is 0.333 e. The van der Waals surface area contributed by atoms with Gasteiger partial charge in [-0.1, -0.05) is 0 Å². The third kappa shape index (κ3) is 25.4. The smallest absolute Gasteiger partial charge is 0.333 e. The normalized spacial score (nSPS) is 31.6. The van der Waals surface area contributed by atoms with E-state index in [9.17, 15) is 130 Å². The molecule has 43 nitrogen and oxygen atoms in total. The van der Waals surface area contributed by atoms with Gasteiger partial charge < -0.3 is 162 Å². The summed E-state index contributed by atoms with van der Waals surface area (Å²) in [5, 5.41) is 178. The lowest BCUT2D eigenvalue weighted by Crippen LogP contribution is -2.59. The molecule has 0 saturated carbocycles. The number of hydrogen-bond acceptors (Lipinski definition) is 35. The minimum absolute atomic E-state index is 0.0568. The average molecular weight is 1450 g/mol. The van der Waals surface area contributed by atoms with E-state index in [0.717, 1.165) is 0 Å². The van der Waals surface area contributed by atoms with Crippen LogP contribution < -0.4 is 37.2 Å². The van der Waals surface area contributed by atoms with Gasteiger partial charge in [-0.3, -0.25) is 43.2 Å². The summed E-state index contributed by atoms with van der Waals surface area (Å²) in [5.74, 6) is -9.23. The Labute approximate surface area is 569 Å². The topological polar surface area (TPSA) is 665 Å². The van der Waals surface area contributed by atoms with Gasteiger partial charge in [0.25, 0.3) is 11.8 Å². The number of carbonyl (C=O) groups excluding carboxylic acids is 10. The van der Waals surface area contributed by atoms with Crippen molar-refractivity contribution in [3.8, 4) is 0 Å². The van der Waals surface area contributed by atoms with Crippen LogP contribution in [0.2, 0.25) is 0 Å². The van der Waals surface area contributed by atoms with Crippen LogP contribution in [0, 0.1) is 0 Å². The largest absolute Gasteiger partial charge is 0.394 e. The van der Waals surface area contributed by atoms with Crippen LogP contribution in [0.25, 0.3) is 0 Å². The van der Waals surface area contributed by atoms with E-state index in [2.05, 4.69) is 37.2 Å². The van der Waals surface area contributed by atoms with Gasteiger partial charge in [0, 0.05) is 71.1 Å². The molecule has 0 radical (unpaired) electrons. The molecule has 0 unspecified atom stereocenters. The van der Waals surface area contributed by atoms with Crippen molar-refractivity contribution in [2.45, 2.75) is 218 Å². The van der Waals surface area contributed by atoms with Crippen LogP contribution >= 0.6 is 0 Å². The summed E-state index contributed by atoms with van der Waals surface area (Å²) in [6, 6.07) is -5.36. The molecule has 572 valence electrons. The molecule has 5 fully saturated rings. The average Bonchev–Trinajstić information content (AvgIpc) is 1.43. The summed E-state index contributed by atoms with van der Waals surface area (Å²) in [6.45, 7) is -6.30. The fourth-order valence-electron chi connectivity index (χ4n) is 10.5. The second-order valence-corrected chi connectivity index (χ2v) is 23.7. The van der Waals surface area contributed by atoms with Gasteiger partial charge in [-0.2, -0.15) is 0 Å². The maximum absolute atomic E-state index is 14.6. The highest BCUT2D eigenvalue weighted by atomic mass is 16.7. The molecule has 5 saturated heterocycles. The SMILES string of the molecule is O=C(CC[C@H](NC(=O)CCCCC(=O)ON1C(=O)CCC1=O)C(=O)N[C@@H](CCC(=O)NCCO[C@H]1O[C@H](CO)[C@@H](O)[C@H](O)[C@@H]1O)C(=O)N[C@@H](CCC(=O)NCCO[C@H]1O[C@H](CO)[C@@H](O)[C@H](O)[C@@H]1O)C(=O)NCCO[C@H]1O[C@H](CO)[C@@H](O)[C@H](O)[C@@H]1O)NCCO[C@H]1O[C@H](CO)[C@@H](O)[C@H](O)[C@@H]1O. The Morgan fingerprint density at radius 2 is 0.660 bits per heavy atom. The van der Waals surface area contributed by atoms with Gasteiger partial charge >= 0.3 is 5.97 Å².